The van der Waals surface area contributed by atoms with Crippen molar-refractivity contribution in [2.45, 2.75) is 6.61 Å². The maximum absolute atomic E-state index is 11.2. The minimum atomic E-state index is -0.518. The summed E-state index contributed by atoms with van der Waals surface area (Å²) >= 11 is 5.85. The van der Waals surface area contributed by atoms with Crippen molar-refractivity contribution in [3.05, 3.63) is 81.5 Å². The highest BCUT2D eigenvalue weighted by molar-refractivity contribution is 6.30. The molecule has 0 bridgehead atoms. The van der Waals surface area contributed by atoms with E-state index >= 15 is 0 Å². The molecule has 2 N–H and O–H groups in total. The van der Waals surface area contributed by atoms with Crippen LogP contribution in [0, 0.1) is 10.1 Å². The fourth-order valence-electron chi connectivity index (χ4n) is 2.25. The molecule has 0 atom stereocenters. The number of ether oxygens (including phenoxy) is 1. The molecule has 0 fully saturated rings. The fourth-order valence-corrected chi connectivity index (χ4v) is 2.38. The monoisotopic (exact) mass is 371 g/mol. The van der Waals surface area contributed by atoms with Crippen LogP contribution in [0.3, 0.4) is 0 Å². The number of halogens is 1. The fraction of sp³-hybridized carbons (Fsp3) is 0.0556. The van der Waals surface area contributed by atoms with Crippen molar-refractivity contribution >= 4 is 28.8 Å². The van der Waals surface area contributed by atoms with Gasteiger partial charge in [-0.2, -0.15) is 0 Å². The van der Waals surface area contributed by atoms with Crippen molar-refractivity contribution in [1.82, 2.24) is 4.98 Å². The molecule has 0 radical (unpaired) electrons. The Morgan fingerprint density at radius 2 is 1.88 bits per heavy atom. The van der Waals surface area contributed by atoms with Crippen LogP contribution in [0.1, 0.15) is 5.56 Å². The highest BCUT2D eigenvalue weighted by atomic mass is 35.5. The second-order valence-corrected chi connectivity index (χ2v) is 5.76. The molecule has 2 aromatic carbocycles. The SMILES string of the molecule is O=[N+]([O-])c1cc(CO)ccc1Nc1cc(Oc2ccc(Cl)cc2)ccn1. The maximum atomic E-state index is 11.2. The van der Waals surface area contributed by atoms with Gasteiger partial charge in [0, 0.05) is 23.4 Å². The predicted molar refractivity (Wildman–Crippen MR) is 98.1 cm³/mol. The first-order valence-corrected chi connectivity index (χ1v) is 7.97. The molecule has 1 heterocycles. The summed E-state index contributed by atoms with van der Waals surface area (Å²) in [6, 6.07) is 14.6. The summed E-state index contributed by atoms with van der Waals surface area (Å²) < 4.78 is 5.72. The van der Waals surface area contributed by atoms with E-state index in [4.69, 9.17) is 21.4 Å². The van der Waals surface area contributed by atoms with Gasteiger partial charge in [0.2, 0.25) is 0 Å². The number of hydrogen-bond acceptors (Lipinski definition) is 6. The number of nitrogens with one attached hydrogen (secondary N) is 1. The molecule has 0 amide bonds. The molecule has 0 saturated heterocycles. The molecule has 7 nitrogen and oxygen atoms in total. The van der Waals surface area contributed by atoms with Gasteiger partial charge in [0.1, 0.15) is 23.0 Å². The first-order valence-electron chi connectivity index (χ1n) is 7.60. The van der Waals surface area contributed by atoms with Crippen molar-refractivity contribution in [3.8, 4) is 11.5 Å². The lowest BCUT2D eigenvalue weighted by molar-refractivity contribution is -0.384. The Hall–Kier alpha value is -3.16. The molecular formula is C18H14ClN3O4. The number of pyridine rings is 1. The zero-order valence-corrected chi connectivity index (χ0v) is 14.2. The summed E-state index contributed by atoms with van der Waals surface area (Å²) in [5.74, 6) is 1.50. The van der Waals surface area contributed by atoms with E-state index in [0.29, 0.717) is 27.9 Å². The lowest BCUT2D eigenvalue weighted by Crippen LogP contribution is -2.00. The van der Waals surface area contributed by atoms with E-state index in [1.807, 2.05) is 0 Å². The number of nitrogens with zero attached hydrogens (tertiary/aromatic N) is 2. The molecule has 0 spiro atoms. The highest BCUT2D eigenvalue weighted by Crippen LogP contribution is 2.30. The smallest absolute Gasteiger partial charge is 0.293 e. The topological polar surface area (TPSA) is 97.5 Å². The molecule has 8 heteroatoms. The molecule has 3 aromatic rings. The van der Waals surface area contributed by atoms with E-state index in [2.05, 4.69) is 10.3 Å². The van der Waals surface area contributed by atoms with Crippen molar-refractivity contribution in [1.29, 1.82) is 0 Å². The summed E-state index contributed by atoms with van der Waals surface area (Å²) in [4.78, 5) is 14.9. The van der Waals surface area contributed by atoms with Crippen molar-refractivity contribution in [2.75, 3.05) is 5.32 Å². The minimum absolute atomic E-state index is 0.151. The number of nitro groups is 1. The normalized spacial score (nSPS) is 10.4. The summed E-state index contributed by atoms with van der Waals surface area (Å²) in [7, 11) is 0. The average Bonchev–Trinajstić information content (AvgIpc) is 2.64. The molecule has 0 saturated carbocycles. The van der Waals surface area contributed by atoms with Gasteiger partial charge in [-0.05, 0) is 42.0 Å². The van der Waals surface area contributed by atoms with E-state index < -0.39 is 4.92 Å². The van der Waals surface area contributed by atoms with Crippen LogP contribution in [0.5, 0.6) is 11.5 Å². The third-order valence-corrected chi connectivity index (χ3v) is 3.74. The number of aliphatic hydroxyl groups excluding tert-OH is 1. The minimum Gasteiger partial charge on any atom is -0.457 e. The van der Waals surface area contributed by atoms with E-state index in [1.165, 1.54) is 18.3 Å². The van der Waals surface area contributed by atoms with E-state index in [-0.39, 0.29) is 18.0 Å². The van der Waals surface area contributed by atoms with Gasteiger partial charge in [0.05, 0.1) is 11.5 Å². The predicted octanol–water partition coefficient (Wildman–Crippen LogP) is 4.67. The van der Waals surface area contributed by atoms with E-state index in [9.17, 15) is 10.1 Å². The number of aromatic nitrogens is 1. The van der Waals surface area contributed by atoms with Crippen LogP contribution in [-0.4, -0.2) is 15.0 Å². The molecule has 1 aromatic heterocycles. The largest absolute Gasteiger partial charge is 0.457 e. The van der Waals surface area contributed by atoms with Gasteiger partial charge in [-0.1, -0.05) is 17.7 Å². The van der Waals surface area contributed by atoms with Crippen LogP contribution >= 0.6 is 11.6 Å². The Morgan fingerprint density at radius 1 is 1.12 bits per heavy atom. The Morgan fingerprint density at radius 3 is 2.58 bits per heavy atom. The Balaban J connectivity index is 1.83. The summed E-state index contributed by atoms with van der Waals surface area (Å²) in [6.07, 6.45) is 1.53. The third kappa shape index (κ3) is 4.27. The Labute approximate surface area is 154 Å². The quantitative estimate of drug-likeness (QED) is 0.482. The highest BCUT2D eigenvalue weighted by Gasteiger charge is 2.15. The maximum Gasteiger partial charge on any atom is 0.293 e. The lowest BCUT2D eigenvalue weighted by Gasteiger charge is -2.10. The van der Waals surface area contributed by atoms with E-state index in [1.54, 1.807) is 42.5 Å². The van der Waals surface area contributed by atoms with Crippen molar-refractivity contribution in [2.24, 2.45) is 0 Å². The van der Waals surface area contributed by atoms with Crippen molar-refractivity contribution < 1.29 is 14.8 Å². The third-order valence-electron chi connectivity index (χ3n) is 3.48. The average molecular weight is 372 g/mol. The number of nitro benzene ring substituents is 1. The van der Waals surface area contributed by atoms with Crippen LogP contribution in [-0.2, 0) is 6.61 Å². The second-order valence-electron chi connectivity index (χ2n) is 5.32. The summed E-state index contributed by atoms with van der Waals surface area (Å²) in [5, 5.41) is 23.9. The number of aliphatic hydroxyl groups is 1. The zero-order valence-electron chi connectivity index (χ0n) is 13.4. The van der Waals surface area contributed by atoms with Crippen LogP contribution in [0.25, 0.3) is 0 Å². The Kier molecular flexibility index (Phi) is 5.31. The summed E-state index contributed by atoms with van der Waals surface area (Å²) in [6.45, 7) is -0.274. The van der Waals surface area contributed by atoms with Crippen LogP contribution in [0.2, 0.25) is 5.02 Å². The molecule has 0 aliphatic heterocycles. The summed E-state index contributed by atoms with van der Waals surface area (Å²) in [5.41, 5.74) is 0.570. The molecule has 0 aliphatic rings. The molecule has 0 aliphatic carbocycles. The van der Waals surface area contributed by atoms with Gasteiger partial charge in [0.15, 0.2) is 0 Å². The molecular weight excluding hydrogens is 358 g/mol. The van der Waals surface area contributed by atoms with Crippen molar-refractivity contribution in [3.63, 3.8) is 0 Å². The van der Waals surface area contributed by atoms with Gasteiger partial charge in [-0.25, -0.2) is 4.98 Å². The standard InChI is InChI=1S/C18H14ClN3O4/c19-13-2-4-14(5-3-13)26-15-7-8-20-18(10-15)21-16-6-1-12(11-23)9-17(16)22(24)25/h1-10,23H,11H2,(H,20,21). The molecule has 132 valence electrons. The van der Waals surface area contributed by atoms with Gasteiger partial charge < -0.3 is 15.2 Å². The van der Waals surface area contributed by atoms with Crippen LogP contribution < -0.4 is 10.1 Å². The van der Waals surface area contributed by atoms with Gasteiger partial charge >= 0.3 is 0 Å². The lowest BCUT2D eigenvalue weighted by atomic mass is 10.2. The van der Waals surface area contributed by atoms with Gasteiger partial charge in [0.25, 0.3) is 5.69 Å². The molecule has 0 unspecified atom stereocenters. The first-order chi connectivity index (χ1) is 12.5. The number of anilines is 2. The van der Waals surface area contributed by atoms with Crippen LogP contribution in [0.4, 0.5) is 17.2 Å². The molecule has 3 rings (SSSR count). The van der Waals surface area contributed by atoms with Crippen LogP contribution in [0.15, 0.2) is 60.8 Å². The van der Waals surface area contributed by atoms with Gasteiger partial charge in [-0.3, -0.25) is 10.1 Å². The molecule has 26 heavy (non-hydrogen) atoms. The first kappa shape index (κ1) is 17.7. The zero-order chi connectivity index (χ0) is 18.5. The number of benzene rings is 2. The van der Waals surface area contributed by atoms with Gasteiger partial charge in [-0.15, -0.1) is 0 Å². The Bertz CT molecular complexity index is 932. The van der Waals surface area contributed by atoms with E-state index in [0.717, 1.165) is 0 Å². The number of rotatable bonds is 6. The number of hydrogen-bond donors (Lipinski definition) is 2. The second kappa shape index (κ2) is 7.81.